The third-order valence-electron chi connectivity index (χ3n) is 3.88. The number of hydrogen-bond donors (Lipinski definition) is 0. The molecule has 1 aromatic carbocycles. The van der Waals surface area contributed by atoms with Crippen LogP contribution in [0, 0.1) is 5.82 Å². The first-order chi connectivity index (χ1) is 10.7. The normalized spacial score (nSPS) is 18.5. The first kappa shape index (κ1) is 14.8. The van der Waals surface area contributed by atoms with Crippen LogP contribution in [0.2, 0.25) is 0 Å². The predicted molar refractivity (Wildman–Crippen MR) is 83.5 cm³/mol. The van der Waals surface area contributed by atoms with Crippen LogP contribution in [0.1, 0.15) is 31.7 Å². The van der Waals surface area contributed by atoms with Gasteiger partial charge in [-0.15, -0.1) is 0 Å². The van der Waals surface area contributed by atoms with Crippen molar-refractivity contribution in [1.29, 1.82) is 0 Å². The van der Waals surface area contributed by atoms with Crippen molar-refractivity contribution in [3.05, 3.63) is 35.8 Å². The molecule has 0 aliphatic carbocycles. The predicted octanol–water partition coefficient (Wildman–Crippen LogP) is 3.30. The molecular weight excluding hydrogens is 283 g/mol. The fourth-order valence-corrected chi connectivity index (χ4v) is 2.86. The van der Waals surface area contributed by atoms with E-state index in [0.717, 1.165) is 37.1 Å². The van der Waals surface area contributed by atoms with E-state index in [2.05, 4.69) is 9.89 Å². The van der Waals surface area contributed by atoms with E-state index in [4.69, 9.17) is 4.74 Å². The van der Waals surface area contributed by atoms with E-state index >= 15 is 0 Å². The van der Waals surface area contributed by atoms with Crippen molar-refractivity contribution in [2.24, 2.45) is 4.99 Å². The monoisotopic (exact) mass is 302 g/mol. The van der Waals surface area contributed by atoms with Crippen LogP contribution in [-0.2, 0) is 9.53 Å². The molecule has 1 saturated heterocycles. The molecule has 116 valence electrons. The molecule has 0 bridgehead atoms. The second kappa shape index (κ2) is 6.30. The summed E-state index contributed by atoms with van der Waals surface area (Å²) in [5.74, 6) is -0.597. The lowest BCUT2D eigenvalue weighted by Gasteiger charge is -2.14. The van der Waals surface area contributed by atoms with Gasteiger partial charge in [-0.2, -0.15) is 0 Å². The SMILES string of the molecule is CCOC(=O)CC1=Nc2ccc(F)cc2/C1=C\N1CCCC1. The van der Waals surface area contributed by atoms with Gasteiger partial charge in [-0.1, -0.05) is 0 Å². The number of esters is 1. The van der Waals surface area contributed by atoms with Gasteiger partial charge in [-0.05, 0) is 38.0 Å². The highest BCUT2D eigenvalue weighted by Gasteiger charge is 2.25. The van der Waals surface area contributed by atoms with E-state index in [9.17, 15) is 9.18 Å². The van der Waals surface area contributed by atoms with E-state index in [-0.39, 0.29) is 18.2 Å². The Morgan fingerprint density at radius 2 is 2.18 bits per heavy atom. The van der Waals surface area contributed by atoms with Gasteiger partial charge in [0.2, 0.25) is 0 Å². The molecule has 22 heavy (non-hydrogen) atoms. The molecule has 1 fully saturated rings. The first-order valence-corrected chi connectivity index (χ1v) is 7.66. The zero-order chi connectivity index (χ0) is 15.5. The number of carbonyl (C=O) groups excluding carboxylic acids is 1. The van der Waals surface area contributed by atoms with E-state index in [0.29, 0.717) is 18.0 Å². The summed E-state index contributed by atoms with van der Waals surface area (Å²) >= 11 is 0. The number of likely N-dealkylation sites (tertiary alicyclic amines) is 1. The fourth-order valence-electron chi connectivity index (χ4n) is 2.86. The Labute approximate surface area is 129 Å². The Bertz CT molecular complexity index is 646. The molecule has 0 aromatic heterocycles. The summed E-state index contributed by atoms with van der Waals surface area (Å²) in [6.07, 6.45) is 4.44. The fraction of sp³-hybridized carbons (Fsp3) is 0.412. The highest BCUT2D eigenvalue weighted by Crippen LogP contribution is 2.37. The number of rotatable bonds is 4. The molecule has 3 rings (SSSR count). The summed E-state index contributed by atoms with van der Waals surface area (Å²) < 4.78 is 18.6. The summed E-state index contributed by atoms with van der Waals surface area (Å²) in [6.45, 7) is 4.10. The lowest BCUT2D eigenvalue weighted by molar-refractivity contribution is -0.141. The van der Waals surface area contributed by atoms with Crippen molar-refractivity contribution < 1.29 is 13.9 Å². The van der Waals surface area contributed by atoms with Crippen molar-refractivity contribution in [2.75, 3.05) is 19.7 Å². The topological polar surface area (TPSA) is 41.9 Å². The standard InChI is InChI=1S/C17H19FN2O2/c1-2-22-17(21)10-16-14(11-20-7-3-4-8-20)13-9-12(18)5-6-15(13)19-16/h5-6,9,11H,2-4,7-8,10H2,1H3/b14-11+. The van der Waals surface area contributed by atoms with Crippen LogP contribution in [0.3, 0.4) is 0 Å². The number of halogens is 1. The van der Waals surface area contributed by atoms with Crippen LogP contribution in [0.5, 0.6) is 0 Å². The molecule has 0 radical (unpaired) electrons. The maximum absolute atomic E-state index is 13.6. The molecule has 2 aliphatic heterocycles. The molecule has 0 N–H and O–H groups in total. The van der Waals surface area contributed by atoms with Crippen LogP contribution >= 0.6 is 0 Å². The molecule has 0 atom stereocenters. The number of hydrogen-bond acceptors (Lipinski definition) is 4. The Hall–Kier alpha value is -2.17. The van der Waals surface area contributed by atoms with Gasteiger partial charge < -0.3 is 9.64 Å². The third-order valence-corrected chi connectivity index (χ3v) is 3.88. The molecule has 5 heteroatoms. The van der Waals surface area contributed by atoms with Crippen molar-refractivity contribution in [1.82, 2.24) is 4.90 Å². The molecule has 2 heterocycles. The number of allylic oxidation sites excluding steroid dienone is 1. The molecule has 2 aliphatic rings. The lowest BCUT2D eigenvalue weighted by atomic mass is 10.0. The quantitative estimate of drug-likeness (QED) is 0.801. The Morgan fingerprint density at radius 1 is 1.41 bits per heavy atom. The average Bonchev–Trinajstić information content (AvgIpc) is 3.09. The maximum Gasteiger partial charge on any atom is 0.311 e. The number of benzene rings is 1. The molecule has 1 aromatic rings. The number of aliphatic imine (C=N–C) groups is 1. The Kier molecular flexibility index (Phi) is 4.22. The molecule has 0 saturated carbocycles. The maximum atomic E-state index is 13.6. The smallest absolute Gasteiger partial charge is 0.311 e. The number of fused-ring (bicyclic) bond motifs is 1. The van der Waals surface area contributed by atoms with Gasteiger partial charge in [-0.3, -0.25) is 9.79 Å². The zero-order valence-corrected chi connectivity index (χ0v) is 12.6. The zero-order valence-electron chi connectivity index (χ0n) is 12.6. The van der Waals surface area contributed by atoms with Gasteiger partial charge in [0.15, 0.2) is 0 Å². The van der Waals surface area contributed by atoms with Crippen LogP contribution in [-0.4, -0.2) is 36.3 Å². The van der Waals surface area contributed by atoms with E-state index < -0.39 is 0 Å². The minimum Gasteiger partial charge on any atom is -0.466 e. The van der Waals surface area contributed by atoms with Crippen molar-refractivity contribution >= 4 is 22.9 Å². The van der Waals surface area contributed by atoms with Gasteiger partial charge in [0.1, 0.15) is 5.82 Å². The van der Waals surface area contributed by atoms with E-state index in [1.807, 2.05) is 6.20 Å². The highest BCUT2D eigenvalue weighted by molar-refractivity contribution is 6.32. The van der Waals surface area contributed by atoms with E-state index in [1.165, 1.54) is 12.1 Å². The minimum atomic E-state index is -0.304. The van der Waals surface area contributed by atoms with Crippen LogP contribution in [0.15, 0.2) is 29.4 Å². The Balaban J connectivity index is 1.92. The first-order valence-electron chi connectivity index (χ1n) is 7.66. The second-order valence-electron chi connectivity index (χ2n) is 5.49. The van der Waals surface area contributed by atoms with Crippen molar-refractivity contribution in [3.63, 3.8) is 0 Å². The summed E-state index contributed by atoms with van der Waals surface area (Å²) in [5, 5.41) is 0. The van der Waals surface area contributed by atoms with Gasteiger partial charge in [0.25, 0.3) is 0 Å². The molecule has 0 amide bonds. The van der Waals surface area contributed by atoms with Gasteiger partial charge in [0.05, 0.1) is 24.4 Å². The number of nitrogens with zero attached hydrogens (tertiary/aromatic N) is 2. The highest BCUT2D eigenvalue weighted by atomic mass is 19.1. The molecule has 4 nitrogen and oxygen atoms in total. The lowest BCUT2D eigenvalue weighted by Crippen LogP contribution is -2.15. The van der Waals surface area contributed by atoms with Crippen LogP contribution in [0.25, 0.3) is 5.57 Å². The third kappa shape index (κ3) is 3.03. The van der Waals surface area contributed by atoms with Crippen LogP contribution in [0.4, 0.5) is 10.1 Å². The molecular formula is C17H19FN2O2. The number of ether oxygens (including phenoxy) is 1. The number of carbonyl (C=O) groups is 1. The minimum absolute atomic E-state index is 0.115. The average molecular weight is 302 g/mol. The van der Waals surface area contributed by atoms with Gasteiger partial charge in [0, 0.05) is 30.4 Å². The summed E-state index contributed by atoms with van der Waals surface area (Å²) in [5.41, 5.74) is 2.97. The second-order valence-corrected chi connectivity index (χ2v) is 5.49. The van der Waals surface area contributed by atoms with E-state index in [1.54, 1.807) is 13.0 Å². The van der Waals surface area contributed by atoms with Crippen molar-refractivity contribution in [2.45, 2.75) is 26.2 Å². The van der Waals surface area contributed by atoms with Crippen molar-refractivity contribution in [3.8, 4) is 0 Å². The summed E-state index contributed by atoms with van der Waals surface area (Å²) in [4.78, 5) is 18.5. The Morgan fingerprint density at radius 3 is 2.91 bits per heavy atom. The van der Waals surface area contributed by atoms with Crippen LogP contribution < -0.4 is 0 Å². The van der Waals surface area contributed by atoms with Gasteiger partial charge in [-0.25, -0.2) is 4.39 Å². The van der Waals surface area contributed by atoms with Gasteiger partial charge >= 0.3 is 5.97 Å². The molecule has 0 unspecified atom stereocenters. The summed E-state index contributed by atoms with van der Waals surface area (Å²) in [6, 6.07) is 4.53. The largest absolute Gasteiger partial charge is 0.466 e. The summed E-state index contributed by atoms with van der Waals surface area (Å²) in [7, 11) is 0. The molecule has 0 spiro atoms.